The summed E-state index contributed by atoms with van der Waals surface area (Å²) in [6, 6.07) is 6.01. The summed E-state index contributed by atoms with van der Waals surface area (Å²) >= 11 is 0. The topological polar surface area (TPSA) is 56.5 Å². The highest BCUT2D eigenvalue weighted by atomic mass is 16.5. The minimum Gasteiger partial charge on any atom is -0.493 e. The molecule has 0 amide bonds. The van der Waals surface area contributed by atoms with E-state index in [-0.39, 0.29) is 6.04 Å². The lowest BCUT2D eigenvalue weighted by molar-refractivity contribution is 0.311. The summed E-state index contributed by atoms with van der Waals surface area (Å²) in [5.41, 5.74) is 6.53. The van der Waals surface area contributed by atoms with Crippen LogP contribution >= 0.6 is 0 Å². The molecule has 1 aromatic rings. The van der Waals surface area contributed by atoms with E-state index in [0.717, 1.165) is 17.2 Å². The molecule has 0 aliphatic heterocycles. The fourth-order valence-electron chi connectivity index (χ4n) is 1.38. The van der Waals surface area contributed by atoms with Gasteiger partial charge in [0.15, 0.2) is 11.5 Å². The lowest BCUT2D eigenvalue weighted by atomic mass is 10.2. The number of nitrogens with two attached hydrogens (primary N) is 1. The third-order valence-electron chi connectivity index (χ3n) is 2.23. The minimum absolute atomic E-state index is 0.239. The van der Waals surface area contributed by atoms with Gasteiger partial charge in [0, 0.05) is 24.3 Å². The van der Waals surface area contributed by atoms with Gasteiger partial charge < -0.3 is 20.5 Å². The highest BCUT2D eigenvalue weighted by Crippen LogP contribution is 2.30. The average molecular weight is 224 g/mol. The Labute approximate surface area is 96.7 Å². The molecule has 3 N–H and O–H groups in total. The van der Waals surface area contributed by atoms with Gasteiger partial charge >= 0.3 is 0 Å². The Hall–Kier alpha value is -1.42. The fourth-order valence-corrected chi connectivity index (χ4v) is 1.38. The Morgan fingerprint density at radius 2 is 2.12 bits per heavy atom. The van der Waals surface area contributed by atoms with Crippen LogP contribution in [0.25, 0.3) is 0 Å². The van der Waals surface area contributed by atoms with E-state index >= 15 is 0 Å². The molecule has 1 unspecified atom stereocenters. The van der Waals surface area contributed by atoms with Crippen molar-refractivity contribution in [1.82, 2.24) is 0 Å². The number of rotatable bonds is 6. The maximum absolute atomic E-state index is 5.55. The molecule has 1 aromatic carbocycles. The SMILES string of the molecule is CCOc1ccc(NC(C)CN)cc1OC. The van der Waals surface area contributed by atoms with Gasteiger partial charge in [0.25, 0.3) is 0 Å². The van der Waals surface area contributed by atoms with Crippen LogP contribution in [-0.4, -0.2) is 26.3 Å². The molecule has 0 fully saturated rings. The van der Waals surface area contributed by atoms with E-state index in [2.05, 4.69) is 5.32 Å². The number of nitrogens with one attached hydrogen (secondary N) is 1. The van der Waals surface area contributed by atoms with E-state index in [0.29, 0.717) is 13.2 Å². The first-order valence-corrected chi connectivity index (χ1v) is 5.48. The van der Waals surface area contributed by atoms with Crippen LogP contribution in [-0.2, 0) is 0 Å². The minimum atomic E-state index is 0.239. The zero-order chi connectivity index (χ0) is 12.0. The zero-order valence-electron chi connectivity index (χ0n) is 10.1. The van der Waals surface area contributed by atoms with E-state index in [9.17, 15) is 0 Å². The van der Waals surface area contributed by atoms with E-state index in [1.165, 1.54) is 0 Å². The molecule has 0 saturated carbocycles. The van der Waals surface area contributed by atoms with Crippen molar-refractivity contribution in [3.8, 4) is 11.5 Å². The Morgan fingerprint density at radius 3 is 2.69 bits per heavy atom. The molecule has 1 rings (SSSR count). The summed E-state index contributed by atoms with van der Waals surface area (Å²) in [6.07, 6.45) is 0. The summed E-state index contributed by atoms with van der Waals surface area (Å²) in [4.78, 5) is 0. The number of hydrogen-bond acceptors (Lipinski definition) is 4. The van der Waals surface area contributed by atoms with Crippen molar-refractivity contribution in [2.24, 2.45) is 5.73 Å². The lowest BCUT2D eigenvalue weighted by Crippen LogP contribution is -2.25. The van der Waals surface area contributed by atoms with Crippen molar-refractivity contribution >= 4 is 5.69 Å². The molecule has 16 heavy (non-hydrogen) atoms. The normalized spacial score (nSPS) is 12.0. The molecule has 1 atom stereocenters. The van der Waals surface area contributed by atoms with Crippen molar-refractivity contribution in [2.75, 3.05) is 25.6 Å². The molecule has 0 aliphatic rings. The predicted octanol–water partition coefficient (Wildman–Crippen LogP) is 1.85. The molecule has 90 valence electrons. The second kappa shape index (κ2) is 6.23. The molecular weight excluding hydrogens is 204 g/mol. The van der Waals surface area contributed by atoms with Crippen molar-refractivity contribution in [3.05, 3.63) is 18.2 Å². The zero-order valence-corrected chi connectivity index (χ0v) is 10.1. The lowest BCUT2D eigenvalue weighted by Gasteiger charge is -2.15. The first-order chi connectivity index (χ1) is 7.71. The van der Waals surface area contributed by atoms with Gasteiger partial charge in [-0.25, -0.2) is 0 Å². The van der Waals surface area contributed by atoms with Gasteiger partial charge in [-0.15, -0.1) is 0 Å². The third-order valence-corrected chi connectivity index (χ3v) is 2.23. The Morgan fingerprint density at radius 1 is 1.38 bits per heavy atom. The van der Waals surface area contributed by atoms with Crippen LogP contribution in [0.3, 0.4) is 0 Å². The van der Waals surface area contributed by atoms with Crippen molar-refractivity contribution in [2.45, 2.75) is 19.9 Å². The van der Waals surface area contributed by atoms with Crippen LogP contribution in [0.1, 0.15) is 13.8 Å². The second-order valence-corrected chi connectivity index (χ2v) is 3.58. The molecule has 0 radical (unpaired) electrons. The number of ether oxygens (including phenoxy) is 2. The summed E-state index contributed by atoms with van der Waals surface area (Å²) < 4.78 is 10.7. The standard InChI is InChI=1S/C12H20N2O2/c1-4-16-11-6-5-10(7-12(11)15-3)14-9(2)8-13/h5-7,9,14H,4,8,13H2,1-3H3. The first kappa shape index (κ1) is 12.6. The highest BCUT2D eigenvalue weighted by molar-refractivity contribution is 5.55. The maximum atomic E-state index is 5.55. The summed E-state index contributed by atoms with van der Waals surface area (Å²) in [5, 5.41) is 3.28. The summed E-state index contributed by atoms with van der Waals surface area (Å²) in [5.74, 6) is 1.49. The fraction of sp³-hybridized carbons (Fsp3) is 0.500. The van der Waals surface area contributed by atoms with Gasteiger partial charge in [0.2, 0.25) is 0 Å². The number of methoxy groups -OCH3 is 1. The highest BCUT2D eigenvalue weighted by Gasteiger charge is 2.06. The van der Waals surface area contributed by atoms with Crippen molar-refractivity contribution in [1.29, 1.82) is 0 Å². The second-order valence-electron chi connectivity index (χ2n) is 3.58. The van der Waals surface area contributed by atoms with Gasteiger partial charge in [-0.1, -0.05) is 0 Å². The molecule has 0 bridgehead atoms. The van der Waals surface area contributed by atoms with E-state index < -0.39 is 0 Å². The summed E-state index contributed by atoms with van der Waals surface area (Å²) in [6.45, 7) is 5.20. The van der Waals surface area contributed by atoms with Crippen LogP contribution in [0.5, 0.6) is 11.5 Å². The van der Waals surface area contributed by atoms with Crippen LogP contribution < -0.4 is 20.5 Å². The molecule has 0 spiro atoms. The molecule has 4 heteroatoms. The molecule has 4 nitrogen and oxygen atoms in total. The third kappa shape index (κ3) is 3.31. The van der Waals surface area contributed by atoms with E-state index in [1.54, 1.807) is 7.11 Å². The molecule has 0 aliphatic carbocycles. The van der Waals surface area contributed by atoms with Gasteiger partial charge in [-0.2, -0.15) is 0 Å². The van der Waals surface area contributed by atoms with Gasteiger partial charge in [0.1, 0.15) is 0 Å². The van der Waals surface area contributed by atoms with Crippen molar-refractivity contribution in [3.63, 3.8) is 0 Å². The van der Waals surface area contributed by atoms with E-state index in [1.807, 2.05) is 32.0 Å². The van der Waals surface area contributed by atoms with E-state index in [4.69, 9.17) is 15.2 Å². The average Bonchev–Trinajstić information content (AvgIpc) is 2.31. The van der Waals surface area contributed by atoms with Gasteiger partial charge in [-0.05, 0) is 26.0 Å². The van der Waals surface area contributed by atoms with Gasteiger partial charge in [0.05, 0.1) is 13.7 Å². The van der Waals surface area contributed by atoms with Crippen molar-refractivity contribution < 1.29 is 9.47 Å². The molecule has 0 saturated heterocycles. The largest absolute Gasteiger partial charge is 0.493 e. The quantitative estimate of drug-likeness (QED) is 0.774. The van der Waals surface area contributed by atoms with Gasteiger partial charge in [-0.3, -0.25) is 0 Å². The first-order valence-electron chi connectivity index (χ1n) is 5.48. The monoisotopic (exact) mass is 224 g/mol. The number of anilines is 1. The van der Waals surface area contributed by atoms with Crippen LogP contribution in [0.15, 0.2) is 18.2 Å². The summed E-state index contributed by atoms with van der Waals surface area (Å²) in [7, 11) is 1.63. The van der Waals surface area contributed by atoms with Crippen LogP contribution in [0.4, 0.5) is 5.69 Å². The predicted molar refractivity (Wildman–Crippen MR) is 66.3 cm³/mol. The van der Waals surface area contributed by atoms with Crippen LogP contribution in [0, 0.1) is 0 Å². The smallest absolute Gasteiger partial charge is 0.162 e. The molecule has 0 heterocycles. The molecular formula is C12H20N2O2. The van der Waals surface area contributed by atoms with Crippen LogP contribution in [0.2, 0.25) is 0 Å². The Bertz CT molecular complexity index is 329. The maximum Gasteiger partial charge on any atom is 0.162 e. The number of hydrogen-bond donors (Lipinski definition) is 2. The molecule has 0 aromatic heterocycles. The number of benzene rings is 1. The Kier molecular flexibility index (Phi) is 4.92. The Balaban J connectivity index is 2.81.